The van der Waals surface area contributed by atoms with Gasteiger partial charge in [0, 0.05) is 11.3 Å². The summed E-state index contributed by atoms with van der Waals surface area (Å²) in [5, 5.41) is 16.6. The fraction of sp³-hybridized carbons (Fsp3) is 0.176. The molecular weight excluding hydrogens is 278 g/mol. The van der Waals surface area contributed by atoms with Crippen LogP contribution < -0.4 is 10.7 Å². The second-order valence-electron chi connectivity index (χ2n) is 5.02. The lowest BCUT2D eigenvalue weighted by Crippen LogP contribution is -2.26. The zero-order chi connectivity index (χ0) is 15.9. The molecule has 5 heteroatoms. The van der Waals surface area contributed by atoms with Gasteiger partial charge in [0.2, 0.25) is 0 Å². The molecule has 0 saturated heterocycles. The van der Waals surface area contributed by atoms with Gasteiger partial charge in [-0.1, -0.05) is 24.3 Å². The summed E-state index contributed by atoms with van der Waals surface area (Å²) in [7, 11) is 0. The summed E-state index contributed by atoms with van der Waals surface area (Å²) in [5.74, 6) is -0.123. The first-order valence-corrected chi connectivity index (χ1v) is 6.97. The predicted octanol–water partition coefficient (Wildman–Crippen LogP) is 2.57. The van der Waals surface area contributed by atoms with Crippen LogP contribution in [0.5, 0.6) is 5.75 Å². The minimum absolute atomic E-state index is 0.127. The number of para-hydroxylation sites is 1. The molecule has 0 radical (unpaired) electrons. The molecule has 0 bridgehead atoms. The highest BCUT2D eigenvalue weighted by molar-refractivity contribution is 5.86. The largest absolute Gasteiger partial charge is 0.507 e. The van der Waals surface area contributed by atoms with Gasteiger partial charge in [0.05, 0.1) is 12.8 Å². The number of carbonyl (C=O) groups is 1. The molecule has 0 aliphatic heterocycles. The van der Waals surface area contributed by atoms with Gasteiger partial charge in [0.1, 0.15) is 5.75 Å². The van der Waals surface area contributed by atoms with Gasteiger partial charge in [-0.2, -0.15) is 5.10 Å². The number of aryl methyl sites for hydroxylation is 2. The Morgan fingerprint density at radius 1 is 1.23 bits per heavy atom. The van der Waals surface area contributed by atoms with Crippen LogP contribution in [0.4, 0.5) is 5.69 Å². The van der Waals surface area contributed by atoms with Gasteiger partial charge in [0.15, 0.2) is 0 Å². The molecule has 114 valence electrons. The molecule has 0 heterocycles. The maximum absolute atomic E-state index is 11.7. The van der Waals surface area contributed by atoms with Crippen LogP contribution in [0.2, 0.25) is 0 Å². The molecule has 0 spiro atoms. The molecule has 2 rings (SSSR count). The van der Waals surface area contributed by atoms with Crippen molar-refractivity contribution in [2.45, 2.75) is 13.8 Å². The second kappa shape index (κ2) is 7.26. The number of hydrazone groups is 1. The molecule has 1 amide bonds. The topological polar surface area (TPSA) is 73.7 Å². The van der Waals surface area contributed by atoms with Gasteiger partial charge in [-0.05, 0) is 43.2 Å². The van der Waals surface area contributed by atoms with E-state index in [1.54, 1.807) is 12.1 Å². The maximum atomic E-state index is 11.7. The molecule has 22 heavy (non-hydrogen) atoms. The zero-order valence-corrected chi connectivity index (χ0v) is 12.6. The molecule has 2 aromatic carbocycles. The van der Waals surface area contributed by atoms with E-state index in [1.165, 1.54) is 6.21 Å². The van der Waals surface area contributed by atoms with Crippen molar-refractivity contribution < 1.29 is 9.90 Å². The lowest BCUT2D eigenvalue weighted by Gasteiger charge is -2.07. The number of nitrogens with one attached hydrogen (secondary N) is 2. The Balaban J connectivity index is 1.85. The van der Waals surface area contributed by atoms with E-state index in [2.05, 4.69) is 15.8 Å². The third-order valence-electron chi connectivity index (χ3n) is 3.16. The smallest absolute Gasteiger partial charge is 0.259 e. The van der Waals surface area contributed by atoms with Crippen LogP contribution in [0, 0.1) is 13.8 Å². The average molecular weight is 297 g/mol. The monoisotopic (exact) mass is 297 g/mol. The van der Waals surface area contributed by atoms with Crippen molar-refractivity contribution in [3.63, 3.8) is 0 Å². The Hall–Kier alpha value is -2.82. The van der Waals surface area contributed by atoms with Crippen LogP contribution in [0.15, 0.2) is 47.6 Å². The Labute approximate surface area is 129 Å². The summed E-state index contributed by atoms with van der Waals surface area (Å²) >= 11 is 0. The number of nitrogens with zero attached hydrogens (tertiary/aromatic N) is 1. The Kier molecular flexibility index (Phi) is 5.14. The molecule has 5 nitrogen and oxygen atoms in total. The highest BCUT2D eigenvalue weighted by atomic mass is 16.3. The number of anilines is 1. The van der Waals surface area contributed by atoms with E-state index in [-0.39, 0.29) is 18.2 Å². The summed E-state index contributed by atoms with van der Waals surface area (Å²) in [6.45, 7) is 3.99. The first kappa shape index (κ1) is 15.6. The van der Waals surface area contributed by atoms with Crippen molar-refractivity contribution in [1.29, 1.82) is 0 Å². The van der Waals surface area contributed by atoms with Crippen molar-refractivity contribution in [1.82, 2.24) is 5.43 Å². The van der Waals surface area contributed by atoms with Gasteiger partial charge in [0.25, 0.3) is 5.91 Å². The maximum Gasteiger partial charge on any atom is 0.259 e. The van der Waals surface area contributed by atoms with E-state index >= 15 is 0 Å². The molecule has 0 fully saturated rings. The first-order chi connectivity index (χ1) is 10.6. The Morgan fingerprint density at radius 3 is 2.73 bits per heavy atom. The van der Waals surface area contributed by atoms with E-state index in [0.29, 0.717) is 5.56 Å². The van der Waals surface area contributed by atoms with Crippen molar-refractivity contribution in [3.05, 3.63) is 59.2 Å². The second-order valence-corrected chi connectivity index (χ2v) is 5.02. The fourth-order valence-electron chi connectivity index (χ4n) is 1.92. The predicted molar refractivity (Wildman–Crippen MR) is 88.2 cm³/mol. The highest BCUT2D eigenvalue weighted by Gasteiger charge is 2.02. The Bertz CT molecular complexity index is 696. The number of carbonyl (C=O) groups excluding carboxylic acids is 1. The normalized spacial score (nSPS) is 10.6. The average Bonchev–Trinajstić information content (AvgIpc) is 2.49. The van der Waals surface area contributed by atoms with Crippen molar-refractivity contribution >= 4 is 17.8 Å². The number of amides is 1. The van der Waals surface area contributed by atoms with Crippen LogP contribution in [0.25, 0.3) is 0 Å². The van der Waals surface area contributed by atoms with Gasteiger partial charge in [-0.3, -0.25) is 4.79 Å². The van der Waals surface area contributed by atoms with E-state index < -0.39 is 0 Å². The summed E-state index contributed by atoms with van der Waals surface area (Å²) < 4.78 is 0. The van der Waals surface area contributed by atoms with E-state index in [1.807, 2.05) is 44.2 Å². The number of benzene rings is 2. The van der Waals surface area contributed by atoms with Crippen LogP contribution in [-0.4, -0.2) is 23.8 Å². The zero-order valence-electron chi connectivity index (χ0n) is 12.6. The molecule has 3 N–H and O–H groups in total. The summed E-state index contributed by atoms with van der Waals surface area (Å²) in [6, 6.07) is 13.0. The number of phenolic OH excluding ortho intramolecular Hbond substituents is 1. The third kappa shape index (κ3) is 4.34. The van der Waals surface area contributed by atoms with Crippen LogP contribution in [-0.2, 0) is 4.79 Å². The minimum Gasteiger partial charge on any atom is -0.507 e. The van der Waals surface area contributed by atoms with E-state index in [4.69, 9.17) is 0 Å². The minimum atomic E-state index is -0.258. The molecular formula is C17H19N3O2. The Morgan fingerprint density at radius 2 is 2.00 bits per heavy atom. The SMILES string of the molecule is Cc1ccc(/C=N\NC(=O)CNc2ccccc2C)c(O)c1. The van der Waals surface area contributed by atoms with E-state index in [0.717, 1.165) is 16.8 Å². The quantitative estimate of drug-likeness (QED) is 0.586. The first-order valence-electron chi connectivity index (χ1n) is 6.97. The van der Waals surface area contributed by atoms with Crippen molar-refractivity contribution in [2.24, 2.45) is 5.10 Å². The number of phenols is 1. The number of rotatable bonds is 5. The number of hydrogen-bond acceptors (Lipinski definition) is 4. The summed E-state index contributed by atoms with van der Waals surface area (Å²) in [5.41, 5.74) is 5.92. The third-order valence-corrected chi connectivity index (χ3v) is 3.16. The van der Waals surface area contributed by atoms with Crippen molar-refractivity contribution in [3.8, 4) is 5.75 Å². The van der Waals surface area contributed by atoms with Gasteiger partial charge >= 0.3 is 0 Å². The van der Waals surface area contributed by atoms with Crippen molar-refractivity contribution in [2.75, 3.05) is 11.9 Å². The summed E-state index contributed by atoms with van der Waals surface area (Å²) in [4.78, 5) is 11.7. The van der Waals surface area contributed by atoms with Gasteiger partial charge in [-0.15, -0.1) is 0 Å². The lowest BCUT2D eigenvalue weighted by atomic mass is 10.1. The van der Waals surface area contributed by atoms with Crippen LogP contribution >= 0.6 is 0 Å². The van der Waals surface area contributed by atoms with Gasteiger partial charge in [-0.25, -0.2) is 5.43 Å². The lowest BCUT2D eigenvalue weighted by molar-refractivity contribution is -0.119. The van der Waals surface area contributed by atoms with E-state index in [9.17, 15) is 9.90 Å². The highest BCUT2D eigenvalue weighted by Crippen LogP contribution is 2.16. The van der Waals surface area contributed by atoms with Gasteiger partial charge < -0.3 is 10.4 Å². The number of hydrogen-bond donors (Lipinski definition) is 3. The van der Waals surface area contributed by atoms with Crippen LogP contribution in [0.3, 0.4) is 0 Å². The molecule has 2 aromatic rings. The molecule has 0 aliphatic rings. The molecule has 0 saturated carbocycles. The standard InChI is InChI=1S/C17H19N3O2/c1-12-7-8-14(16(21)9-12)10-19-20-17(22)11-18-15-6-4-3-5-13(15)2/h3-10,18,21H,11H2,1-2H3,(H,20,22)/b19-10-. The fourth-order valence-corrected chi connectivity index (χ4v) is 1.92. The molecule has 0 unspecified atom stereocenters. The number of aromatic hydroxyl groups is 1. The van der Waals surface area contributed by atoms with Crippen LogP contribution in [0.1, 0.15) is 16.7 Å². The molecule has 0 aromatic heterocycles. The molecule has 0 atom stereocenters. The molecule has 0 aliphatic carbocycles. The summed E-state index contributed by atoms with van der Waals surface area (Å²) in [6.07, 6.45) is 1.42.